The minimum absolute atomic E-state index is 0.264. The molecule has 1 N–H and O–H groups in total. The fourth-order valence-corrected chi connectivity index (χ4v) is 4.54. The maximum Gasteiger partial charge on any atom is 0.0701 e. The summed E-state index contributed by atoms with van der Waals surface area (Å²) in [6, 6.07) is 13.8. The molecule has 1 nitrogen and oxygen atoms in total. The van der Waals surface area contributed by atoms with Crippen molar-refractivity contribution in [3.05, 3.63) is 71.5 Å². The van der Waals surface area contributed by atoms with E-state index in [9.17, 15) is 0 Å². The highest BCUT2D eigenvalue weighted by atomic mass is 32.1. The number of hydrogen-bond acceptors (Lipinski definition) is 2. The second-order valence-corrected chi connectivity index (χ2v) is 7.70. The summed E-state index contributed by atoms with van der Waals surface area (Å²) in [5.74, 6) is 0.515. The summed E-state index contributed by atoms with van der Waals surface area (Å²) in [4.78, 5) is 0. The number of allylic oxidation sites excluding steroid dienone is 2. The maximum absolute atomic E-state index is 3.51. The number of dihydropyridines is 1. The van der Waals surface area contributed by atoms with Gasteiger partial charge in [0.2, 0.25) is 0 Å². The van der Waals surface area contributed by atoms with E-state index >= 15 is 0 Å². The molecule has 0 saturated heterocycles. The van der Waals surface area contributed by atoms with Gasteiger partial charge in [0.05, 0.1) is 6.04 Å². The second-order valence-electron chi connectivity index (χ2n) is 6.62. The zero-order chi connectivity index (χ0) is 16.0. The summed E-state index contributed by atoms with van der Waals surface area (Å²) < 4.78 is 2.77. The number of nitrogens with one attached hydrogen (secondary N) is 1. The van der Waals surface area contributed by atoms with Crippen LogP contribution in [0.25, 0.3) is 20.2 Å². The largest absolute Gasteiger partial charge is 0.381 e. The van der Waals surface area contributed by atoms with Gasteiger partial charge in [-0.15, -0.1) is 11.3 Å². The first-order chi connectivity index (χ1) is 11.1. The Morgan fingerprint density at radius 2 is 1.87 bits per heavy atom. The highest BCUT2D eigenvalue weighted by Gasteiger charge is 2.18. The zero-order valence-corrected chi connectivity index (χ0v) is 14.6. The lowest BCUT2D eigenvalue weighted by molar-refractivity contribution is 0.715. The van der Waals surface area contributed by atoms with Gasteiger partial charge in [0.15, 0.2) is 0 Å². The molecule has 0 spiro atoms. The molecule has 4 rings (SSSR count). The standard InChI is InChI=1S/C21H21NS/c1-13(2)16-12-21-18(15-6-4-5-7-20(15)23-21)11-17(16)19-10-14(3)8-9-22-19/h4-13,19,22H,1-3H3. The van der Waals surface area contributed by atoms with Gasteiger partial charge in [0.1, 0.15) is 0 Å². The lowest BCUT2D eigenvalue weighted by atomic mass is 9.90. The van der Waals surface area contributed by atoms with Crippen molar-refractivity contribution in [2.24, 2.45) is 0 Å². The van der Waals surface area contributed by atoms with Gasteiger partial charge in [-0.2, -0.15) is 0 Å². The van der Waals surface area contributed by atoms with Gasteiger partial charge in [-0.3, -0.25) is 0 Å². The Hall–Kier alpha value is -2.06. The van der Waals surface area contributed by atoms with E-state index < -0.39 is 0 Å². The van der Waals surface area contributed by atoms with Crippen LogP contribution in [0.1, 0.15) is 43.9 Å². The van der Waals surface area contributed by atoms with Gasteiger partial charge in [-0.05, 0) is 54.4 Å². The molecule has 2 heterocycles. The van der Waals surface area contributed by atoms with E-state index in [1.807, 2.05) is 11.3 Å². The Labute approximate surface area is 141 Å². The molecular formula is C21H21NS. The van der Waals surface area contributed by atoms with Crippen LogP contribution in [0.3, 0.4) is 0 Å². The first-order valence-corrected chi connectivity index (χ1v) is 9.01. The summed E-state index contributed by atoms with van der Waals surface area (Å²) in [5, 5.41) is 6.27. The van der Waals surface area contributed by atoms with E-state index in [2.05, 4.69) is 80.8 Å². The Morgan fingerprint density at radius 3 is 2.65 bits per heavy atom. The van der Waals surface area contributed by atoms with Gasteiger partial charge in [-0.25, -0.2) is 0 Å². The third-order valence-electron chi connectivity index (χ3n) is 4.59. The smallest absolute Gasteiger partial charge is 0.0701 e. The normalized spacial score (nSPS) is 17.7. The quantitative estimate of drug-likeness (QED) is 0.586. The van der Waals surface area contributed by atoms with E-state index in [4.69, 9.17) is 0 Å². The highest BCUT2D eigenvalue weighted by Crippen LogP contribution is 2.39. The predicted octanol–water partition coefficient (Wildman–Crippen LogP) is 6.28. The van der Waals surface area contributed by atoms with Crippen molar-refractivity contribution in [1.29, 1.82) is 0 Å². The summed E-state index contributed by atoms with van der Waals surface area (Å²) in [6.45, 7) is 6.73. The van der Waals surface area contributed by atoms with Crippen LogP contribution in [-0.4, -0.2) is 0 Å². The van der Waals surface area contributed by atoms with Crippen LogP contribution in [0.5, 0.6) is 0 Å². The van der Waals surface area contributed by atoms with Crippen molar-refractivity contribution in [3.63, 3.8) is 0 Å². The lowest BCUT2D eigenvalue weighted by Gasteiger charge is -2.23. The maximum atomic E-state index is 3.51. The van der Waals surface area contributed by atoms with Crippen molar-refractivity contribution in [2.75, 3.05) is 0 Å². The van der Waals surface area contributed by atoms with Crippen LogP contribution in [0.15, 0.2) is 60.3 Å². The van der Waals surface area contributed by atoms with Crippen molar-refractivity contribution in [2.45, 2.75) is 32.7 Å². The van der Waals surface area contributed by atoms with Gasteiger partial charge in [0, 0.05) is 20.2 Å². The van der Waals surface area contributed by atoms with E-state index in [-0.39, 0.29) is 6.04 Å². The second kappa shape index (κ2) is 5.54. The molecule has 1 atom stereocenters. The summed E-state index contributed by atoms with van der Waals surface area (Å²) in [5.41, 5.74) is 4.17. The minimum atomic E-state index is 0.264. The monoisotopic (exact) mass is 319 g/mol. The molecular weight excluding hydrogens is 298 g/mol. The van der Waals surface area contributed by atoms with Gasteiger partial charge < -0.3 is 5.32 Å². The fraction of sp³-hybridized carbons (Fsp3) is 0.238. The third-order valence-corrected chi connectivity index (χ3v) is 5.72. The molecule has 0 radical (unpaired) electrons. The fourth-order valence-electron chi connectivity index (χ4n) is 3.40. The van der Waals surface area contributed by atoms with Gasteiger partial charge in [-0.1, -0.05) is 43.7 Å². The number of rotatable bonds is 2. The minimum Gasteiger partial charge on any atom is -0.381 e. The number of hydrogen-bond donors (Lipinski definition) is 1. The molecule has 2 aromatic carbocycles. The van der Waals surface area contributed by atoms with Crippen LogP contribution >= 0.6 is 11.3 Å². The zero-order valence-electron chi connectivity index (χ0n) is 13.8. The summed E-state index contributed by atoms with van der Waals surface area (Å²) in [6.07, 6.45) is 6.52. The molecule has 0 aliphatic carbocycles. The summed E-state index contributed by atoms with van der Waals surface area (Å²) >= 11 is 1.90. The molecule has 3 aromatic rings. The molecule has 0 amide bonds. The molecule has 23 heavy (non-hydrogen) atoms. The average Bonchev–Trinajstić information content (AvgIpc) is 2.91. The van der Waals surface area contributed by atoms with Gasteiger partial charge >= 0.3 is 0 Å². The third kappa shape index (κ3) is 2.47. The Kier molecular flexibility index (Phi) is 3.50. The molecule has 0 fully saturated rings. The van der Waals surface area contributed by atoms with Gasteiger partial charge in [0.25, 0.3) is 0 Å². The van der Waals surface area contributed by atoms with Crippen LogP contribution in [0.2, 0.25) is 0 Å². The number of thiophene rings is 1. The van der Waals surface area contributed by atoms with E-state index in [1.165, 1.54) is 36.9 Å². The number of benzene rings is 2. The average molecular weight is 319 g/mol. The SMILES string of the molecule is CC1=CC(c2cc3c(cc2C(C)C)sc2ccccc23)NC=C1. The summed E-state index contributed by atoms with van der Waals surface area (Å²) in [7, 11) is 0. The van der Waals surface area contributed by atoms with Crippen LogP contribution < -0.4 is 5.32 Å². The topological polar surface area (TPSA) is 12.0 Å². The molecule has 0 saturated carbocycles. The molecule has 1 aliphatic rings. The van der Waals surface area contributed by atoms with Crippen molar-refractivity contribution in [1.82, 2.24) is 5.32 Å². The molecule has 1 aromatic heterocycles. The van der Waals surface area contributed by atoms with E-state index in [1.54, 1.807) is 0 Å². The van der Waals surface area contributed by atoms with Crippen molar-refractivity contribution < 1.29 is 0 Å². The molecule has 1 aliphatic heterocycles. The number of fused-ring (bicyclic) bond motifs is 3. The molecule has 0 bridgehead atoms. The lowest BCUT2D eigenvalue weighted by Crippen LogP contribution is -2.18. The molecule has 1 unspecified atom stereocenters. The predicted molar refractivity (Wildman–Crippen MR) is 102 cm³/mol. The Balaban J connectivity index is 1.99. The first-order valence-electron chi connectivity index (χ1n) is 8.19. The van der Waals surface area contributed by atoms with Crippen LogP contribution in [0, 0.1) is 0 Å². The van der Waals surface area contributed by atoms with Crippen molar-refractivity contribution in [3.8, 4) is 0 Å². The highest BCUT2D eigenvalue weighted by molar-refractivity contribution is 7.25. The Bertz CT molecular complexity index is 943. The molecule has 116 valence electrons. The van der Waals surface area contributed by atoms with Crippen LogP contribution in [-0.2, 0) is 0 Å². The van der Waals surface area contributed by atoms with E-state index in [0.29, 0.717) is 5.92 Å². The van der Waals surface area contributed by atoms with Crippen LogP contribution in [0.4, 0.5) is 0 Å². The Morgan fingerprint density at radius 1 is 1.04 bits per heavy atom. The van der Waals surface area contributed by atoms with Crippen molar-refractivity contribution >= 4 is 31.5 Å². The first kappa shape index (κ1) is 14.5. The van der Waals surface area contributed by atoms with E-state index in [0.717, 1.165) is 0 Å². The molecule has 2 heteroatoms.